The lowest BCUT2D eigenvalue weighted by Gasteiger charge is -2.38. The van der Waals surface area contributed by atoms with E-state index in [9.17, 15) is 9.90 Å². The summed E-state index contributed by atoms with van der Waals surface area (Å²) in [6.07, 6.45) is 4.58. The number of aryl methyl sites for hydroxylation is 1. The molecule has 1 aromatic rings. The van der Waals surface area contributed by atoms with Crippen molar-refractivity contribution in [1.29, 1.82) is 0 Å². The lowest BCUT2D eigenvalue weighted by molar-refractivity contribution is -0.139. The van der Waals surface area contributed by atoms with Gasteiger partial charge in [0.15, 0.2) is 0 Å². The summed E-state index contributed by atoms with van der Waals surface area (Å²) >= 11 is 0. The normalized spacial score (nSPS) is 16.7. The molecule has 0 aromatic heterocycles. The topological polar surface area (TPSA) is 49.3 Å². The maximum atomic E-state index is 12.0. The smallest absolute Gasteiger partial charge is 0.228 e. The van der Waals surface area contributed by atoms with Crippen molar-refractivity contribution >= 4 is 5.91 Å². The van der Waals surface area contributed by atoms with Gasteiger partial charge in [0.05, 0.1) is 12.0 Å². The molecule has 0 saturated heterocycles. The minimum absolute atomic E-state index is 0.0198. The number of nitrogens with one attached hydrogen (secondary N) is 1. The predicted molar refractivity (Wildman–Crippen MR) is 75.9 cm³/mol. The molecule has 0 radical (unpaired) electrons. The molecule has 0 unspecified atom stereocenters. The number of carbonyl (C=O) groups is 1. The Labute approximate surface area is 115 Å². The third-order valence-electron chi connectivity index (χ3n) is 4.23. The van der Waals surface area contributed by atoms with Crippen molar-refractivity contribution in [2.24, 2.45) is 5.41 Å². The number of hydrogen-bond donors (Lipinski definition) is 2. The van der Waals surface area contributed by atoms with Gasteiger partial charge in [-0.3, -0.25) is 4.79 Å². The van der Waals surface area contributed by atoms with Gasteiger partial charge in [0.2, 0.25) is 5.91 Å². The van der Waals surface area contributed by atoms with E-state index in [1.807, 2.05) is 0 Å². The highest BCUT2D eigenvalue weighted by Gasteiger charge is 2.43. The van der Waals surface area contributed by atoms with Crippen LogP contribution in [0, 0.1) is 5.41 Å². The molecule has 0 atom stereocenters. The summed E-state index contributed by atoms with van der Waals surface area (Å²) in [5, 5.41) is 12.3. The van der Waals surface area contributed by atoms with Crippen LogP contribution >= 0.6 is 0 Å². The monoisotopic (exact) mass is 261 g/mol. The molecule has 1 aromatic carbocycles. The molecular weight excluding hydrogens is 238 g/mol. The molecule has 1 aliphatic rings. The SMILES string of the molecule is CCc1ccc(CCNC(=O)C2(CO)CCC2)cc1. The Morgan fingerprint density at radius 2 is 1.89 bits per heavy atom. The highest BCUT2D eigenvalue weighted by atomic mass is 16.3. The first-order valence-electron chi connectivity index (χ1n) is 7.17. The van der Waals surface area contributed by atoms with Gasteiger partial charge in [-0.05, 0) is 36.8 Å². The summed E-state index contributed by atoms with van der Waals surface area (Å²) < 4.78 is 0. The van der Waals surface area contributed by atoms with E-state index in [1.54, 1.807) is 0 Å². The van der Waals surface area contributed by atoms with Crippen LogP contribution in [0.4, 0.5) is 0 Å². The standard InChI is InChI=1S/C16H23NO2/c1-2-13-4-6-14(7-5-13)8-11-17-15(19)16(12-18)9-3-10-16/h4-7,18H,2-3,8-12H2,1H3,(H,17,19). The molecule has 3 heteroatoms. The Balaban J connectivity index is 1.78. The molecule has 19 heavy (non-hydrogen) atoms. The highest BCUT2D eigenvalue weighted by molar-refractivity contribution is 5.83. The van der Waals surface area contributed by atoms with Gasteiger partial charge in [-0.1, -0.05) is 37.6 Å². The Bertz CT molecular complexity index is 415. The Kier molecular flexibility index (Phi) is 4.59. The first-order chi connectivity index (χ1) is 9.20. The van der Waals surface area contributed by atoms with Gasteiger partial charge in [-0.2, -0.15) is 0 Å². The first kappa shape index (κ1) is 14.1. The second-order valence-electron chi connectivity index (χ2n) is 5.47. The van der Waals surface area contributed by atoms with Crippen LogP contribution < -0.4 is 5.32 Å². The fourth-order valence-corrected chi connectivity index (χ4v) is 2.51. The zero-order valence-electron chi connectivity index (χ0n) is 11.6. The van der Waals surface area contributed by atoms with Crippen molar-refractivity contribution in [2.75, 3.05) is 13.2 Å². The number of rotatable bonds is 6. The minimum atomic E-state index is -0.480. The molecule has 104 valence electrons. The molecule has 1 saturated carbocycles. The van der Waals surface area contributed by atoms with Crippen LogP contribution in [0.5, 0.6) is 0 Å². The van der Waals surface area contributed by atoms with Crippen LogP contribution in [0.2, 0.25) is 0 Å². The second kappa shape index (κ2) is 6.20. The predicted octanol–water partition coefficient (Wildman–Crippen LogP) is 2.07. The third kappa shape index (κ3) is 3.16. The van der Waals surface area contributed by atoms with Gasteiger partial charge in [-0.25, -0.2) is 0 Å². The molecule has 2 rings (SSSR count). The van der Waals surface area contributed by atoms with Gasteiger partial charge >= 0.3 is 0 Å². The maximum absolute atomic E-state index is 12.0. The van der Waals surface area contributed by atoms with Crippen molar-refractivity contribution in [1.82, 2.24) is 5.32 Å². The Morgan fingerprint density at radius 3 is 2.37 bits per heavy atom. The van der Waals surface area contributed by atoms with E-state index in [2.05, 4.69) is 36.5 Å². The highest BCUT2D eigenvalue weighted by Crippen LogP contribution is 2.40. The van der Waals surface area contributed by atoms with Gasteiger partial charge in [0, 0.05) is 6.54 Å². The molecule has 1 aliphatic carbocycles. The molecule has 0 spiro atoms. The van der Waals surface area contributed by atoms with Crippen molar-refractivity contribution < 1.29 is 9.90 Å². The van der Waals surface area contributed by atoms with E-state index in [1.165, 1.54) is 11.1 Å². The van der Waals surface area contributed by atoms with E-state index in [4.69, 9.17) is 0 Å². The lowest BCUT2D eigenvalue weighted by atomic mass is 9.68. The van der Waals surface area contributed by atoms with Crippen LogP contribution in [0.25, 0.3) is 0 Å². The maximum Gasteiger partial charge on any atom is 0.228 e. The van der Waals surface area contributed by atoms with Crippen LogP contribution in [0.15, 0.2) is 24.3 Å². The van der Waals surface area contributed by atoms with E-state index in [-0.39, 0.29) is 12.5 Å². The Hall–Kier alpha value is -1.35. The first-order valence-corrected chi connectivity index (χ1v) is 7.17. The molecule has 1 amide bonds. The third-order valence-corrected chi connectivity index (χ3v) is 4.23. The molecule has 2 N–H and O–H groups in total. The summed E-state index contributed by atoms with van der Waals surface area (Å²) in [5.41, 5.74) is 2.09. The summed E-state index contributed by atoms with van der Waals surface area (Å²) in [7, 11) is 0. The molecular formula is C16H23NO2. The van der Waals surface area contributed by atoms with Crippen LogP contribution in [-0.2, 0) is 17.6 Å². The zero-order chi connectivity index (χ0) is 13.7. The molecule has 1 fully saturated rings. The number of aliphatic hydroxyl groups excluding tert-OH is 1. The average Bonchev–Trinajstić information content (AvgIpc) is 2.39. The number of aliphatic hydroxyl groups is 1. The Morgan fingerprint density at radius 1 is 1.26 bits per heavy atom. The van der Waals surface area contributed by atoms with E-state index >= 15 is 0 Å². The number of amides is 1. The van der Waals surface area contributed by atoms with Crippen molar-refractivity contribution in [2.45, 2.75) is 39.0 Å². The fourth-order valence-electron chi connectivity index (χ4n) is 2.51. The summed E-state index contributed by atoms with van der Waals surface area (Å²) in [6, 6.07) is 8.52. The lowest BCUT2D eigenvalue weighted by Crippen LogP contribution is -2.48. The summed E-state index contributed by atoms with van der Waals surface area (Å²) in [5.74, 6) is 0.0198. The second-order valence-corrected chi connectivity index (χ2v) is 5.47. The zero-order valence-corrected chi connectivity index (χ0v) is 11.6. The quantitative estimate of drug-likeness (QED) is 0.823. The van der Waals surface area contributed by atoms with Crippen LogP contribution in [0.1, 0.15) is 37.3 Å². The van der Waals surface area contributed by atoms with E-state index in [0.29, 0.717) is 6.54 Å². The van der Waals surface area contributed by atoms with Crippen LogP contribution in [0.3, 0.4) is 0 Å². The van der Waals surface area contributed by atoms with Gasteiger partial charge < -0.3 is 10.4 Å². The molecule has 0 heterocycles. The van der Waals surface area contributed by atoms with Gasteiger partial charge in [0.25, 0.3) is 0 Å². The number of hydrogen-bond acceptors (Lipinski definition) is 2. The van der Waals surface area contributed by atoms with Gasteiger partial charge in [-0.15, -0.1) is 0 Å². The largest absolute Gasteiger partial charge is 0.395 e. The van der Waals surface area contributed by atoms with E-state index in [0.717, 1.165) is 32.1 Å². The fraction of sp³-hybridized carbons (Fsp3) is 0.562. The van der Waals surface area contributed by atoms with Crippen LogP contribution in [-0.4, -0.2) is 24.2 Å². The average molecular weight is 261 g/mol. The molecule has 0 bridgehead atoms. The summed E-state index contributed by atoms with van der Waals surface area (Å²) in [4.78, 5) is 12.0. The summed E-state index contributed by atoms with van der Waals surface area (Å²) in [6.45, 7) is 2.76. The van der Waals surface area contributed by atoms with Gasteiger partial charge in [0.1, 0.15) is 0 Å². The molecule has 0 aliphatic heterocycles. The van der Waals surface area contributed by atoms with Crippen molar-refractivity contribution in [3.63, 3.8) is 0 Å². The minimum Gasteiger partial charge on any atom is -0.395 e. The van der Waals surface area contributed by atoms with Crippen molar-refractivity contribution in [3.05, 3.63) is 35.4 Å². The number of carbonyl (C=O) groups excluding carboxylic acids is 1. The number of benzene rings is 1. The molecule has 3 nitrogen and oxygen atoms in total. The van der Waals surface area contributed by atoms with E-state index < -0.39 is 5.41 Å². The van der Waals surface area contributed by atoms with Crippen molar-refractivity contribution in [3.8, 4) is 0 Å².